The number of fused-ring (bicyclic) bond motifs is 2. The Morgan fingerprint density at radius 1 is 1.11 bits per heavy atom. The van der Waals surface area contributed by atoms with Crippen LogP contribution in [0.5, 0.6) is 11.5 Å². The van der Waals surface area contributed by atoms with Gasteiger partial charge in [-0.2, -0.15) is 0 Å². The van der Waals surface area contributed by atoms with Gasteiger partial charge in [0, 0.05) is 6.54 Å². The van der Waals surface area contributed by atoms with Crippen molar-refractivity contribution in [3.63, 3.8) is 0 Å². The van der Waals surface area contributed by atoms with E-state index in [1.54, 1.807) is 11.3 Å². The molecular formula is C22H22N2O3S. The lowest BCUT2D eigenvalue weighted by molar-refractivity contribution is -0.134. The van der Waals surface area contributed by atoms with Crippen LogP contribution in [-0.2, 0) is 11.2 Å². The number of piperidine rings is 1. The minimum atomic E-state index is 0.0795. The Labute approximate surface area is 167 Å². The molecule has 1 aromatic heterocycles. The van der Waals surface area contributed by atoms with Crippen LogP contribution in [-0.4, -0.2) is 35.5 Å². The predicted molar refractivity (Wildman–Crippen MR) is 109 cm³/mol. The first-order valence-electron chi connectivity index (χ1n) is 9.81. The monoisotopic (exact) mass is 394 g/mol. The Kier molecular flexibility index (Phi) is 4.64. The van der Waals surface area contributed by atoms with E-state index in [2.05, 4.69) is 6.07 Å². The molecule has 3 heterocycles. The van der Waals surface area contributed by atoms with Crippen LogP contribution in [0.15, 0.2) is 42.5 Å². The van der Waals surface area contributed by atoms with Crippen LogP contribution in [0.3, 0.4) is 0 Å². The fraction of sp³-hybridized carbons (Fsp3) is 0.364. The molecule has 5 nitrogen and oxygen atoms in total. The molecule has 0 radical (unpaired) electrons. The fourth-order valence-corrected chi connectivity index (χ4v) is 5.11. The molecule has 5 rings (SSSR count). The number of nitrogens with zero attached hydrogens (tertiary/aromatic N) is 2. The second-order valence-corrected chi connectivity index (χ2v) is 8.34. The zero-order valence-corrected chi connectivity index (χ0v) is 16.4. The van der Waals surface area contributed by atoms with Gasteiger partial charge in [-0.3, -0.25) is 4.79 Å². The molecule has 1 amide bonds. The number of rotatable bonds is 3. The van der Waals surface area contributed by atoms with Crippen LogP contribution in [0.1, 0.15) is 35.9 Å². The molecule has 2 aromatic carbocycles. The number of para-hydroxylation sites is 1. The maximum Gasteiger partial charge on any atom is 0.227 e. The number of carbonyl (C=O) groups excluding carboxylic acids is 1. The third-order valence-corrected chi connectivity index (χ3v) is 6.52. The Morgan fingerprint density at radius 3 is 2.86 bits per heavy atom. The summed E-state index contributed by atoms with van der Waals surface area (Å²) in [6, 6.07) is 14.1. The fourth-order valence-electron chi connectivity index (χ4n) is 3.99. The summed E-state index contributed by atoms with van der Waals surface area (Å²) in [7, 11) is 0. The molecule has 3 aromatic rings. The van der Waals surface area contributed by atoms with Crippen molar-refractivity contribution in [2.45, 2.75) is 31.7 Å². The zero-order chi connectivity index (χ0) is 18.9. The molecule has 1 fully saturated rings. The highest BCUT2D eigenvalue weighted by molar-refractivity contribution is 7.18. The average Bonchev–Trinajstić information content (AvgIpc) is 3.18. The maximum absolute atomic E-state index is 13.2. The average molecular weight is 394 g/mol. The molecule has 2 aliphatic heterocycles. The van der Waals surface area contributed by atoms with Gasteiger partial charge in [-0.15, -0.1) is 11.3 Å². The molecule has 0 aliphatic carbocycles. The number of carbonyl (C=O) groups is 1. The lowest BCUT2D eigenvalue weighted by atomic mass is 10.0. The molecule has 0 saturated carbocycles. The van der Waals surface area contributed by atoms with E-state index in [0.717, 1.165) is 53.4 Å². The summed E-state index contributed by atoms with van der Waals surface area (Å²) in [5.41, 5.74) is 1.98. The zero-order valence-electron chi connectivity index (χ0n) is 15.6. The number of thiazole rings is 1. The quantitative estimate of drug-likeness (QED) is 0.662. The van der Waals surface area contributed by atoms with Crippen LogP contribution in [0.25, 0.3) is 10.2 Å². The molecule has 2 aliphatic rings. The second-order valence-electron chi connectivity index (χ2n) is 7.27. The third kappa shape index (κ3) is 3.33. The van der Waals surface area contributed by atoms with Crippen LogP contribution in [0, 0.1) is 0 Å². The van der Waals surface area contributed by atoms with E-state index in [1.807, 2.05) is 41.3 Å². The smallest absolute Gasteiger partial charge is 0.227 e. The van der Waals surface area contributed by atoms with Crippen molar-refractivity contribution in [1.29, 1.82) is 0 Å². The van der Waals surface area contributed by atoms with Crippen LogP contribution < -0.4 is 9.47 Å². The Bertz CT molecular complexity index is 983. The van der Waals surface area contributed by atoms with Crippen molar-refractivity contribution in [3.8, 4) is 11.5 Å². The molecule has 6 heteroatoms. The lowest BCUT2D eigenvalue weighted by Gasteiger charge is -2.34. The van der Waals surface area contributed by atoms with Crippen molar-refractivity contribution in [1.82, 2.24) is 9.88 Å². The lowest BCUT2D eigenvalue weighted by Crippen LogP contribution is -2.39. The summed E-state index contributed by atoms with van der Waals surface area (Å²) < 4.78 is 12.4. The highest BCUT2D eigenvalue weighted by atomic mass is 32.1. The van der Waals surface area contributed by atoms with E-state index in [-0.39, 0.29) is 11.9 Å². The van der Waals surface area contributed by atoms with E-state index in [4.69, 9.17) is 14.5 Å². The largest absolute Gasteiger partial charge is 0.486 e. The van der Waals surface area contributed by atoms with Gasteiger partial charge < -0.3 is 14.4 Å². The number of hydrogen-bond acceptors (Lipinski definition) is 5. The van der Waals surface area contributed by atoms with Crippen molar-refractivity contribution in [2.75, 3.05) is 19.8 Å². The number of ether oxygens (including phenoxy) is 2. The maximum atomic E-state index is 13.2. The van der Waals surface area contributed by atoms with Crippen molar-refractivity contribution in [2.24, 2.45) is 0 Å². The van der Waals surface area contributed by atoms with Gasteiger partial charge in [-0.1, -0.05) is 18.2 Å². The highest BCUT2D eigenvalue weighted by Crippen LogP contribution is 2.36. The van der Waals surface area contributed by atoms with E-state index in [0.29, 0.717) is 19.6 Å². The molecular weight excluding hydrogens is 372 g/mol. The van der Waals surface area contributed by atoms with Gasteiger partial charge in [-0.25, -0.2) is 4.98 Å². The minimum absolute atomic E-state index is 0.0795. The van der Waals surface area contributed by atoms with E-state index in [9.17, 15) is 4.79 Å². The predicted octanol–water partition coefficient (Wildman–Crippen LogP) is 4.36. The first kappa shape index (κ1) is 17.5. The molecule has 0 spiro atoms. The first-order chi connectivity index (χ1) is 13.8. The summed E-state index contributed by atoms with van der Waals surface area (Å²) in [4.78, 5) is 20.0. The SMILES string of the molecule is O=C(Cc1ccc2c(c1)OCCO2)N1CCCCC1c1nc2ccccc2s1. The van der Waals surface area contributed by atoms with Crippen molar-refractivity contribution >= 4 is 27.5 Å². The number of likely N-dealkylation sites (tertiary alicyclic amines) is 1. The summed E-state index contributed by atoms with van der Waals surface area (Å²) in [6.45, 7) is 1.92. The molecule has 1 atom stereocenters. The Balaban J connectivity index is 1.37. The normalized spacial score (nSPS) is 19.0. The molecule has 28 heavy (non-hydrogen) atoms. The first-order valence-corrected chi connectivity index (χ1v) is 10.6. The summed E-state index contributed by atoms with van der Waals surface area (Å²) in [5, 5.41) is 1.05. The van der Waals surface area contributed by atoms with Gasteiger partial charge in [0.1, 0.15) is 18.2 Å². The number of hydrogen-bond donors (Lipinski definition) is 0. The van der Waals surface area contributed by atoms with Crippen molar-refractivity contribution in [3.05, 3.63) is 53.0 Å². The van der Waals surface area contributed by atoms with Gasteiger partial charge in [0.2, 0.25) is 5.91 Å². The van der Waals surface area contributed by atoms with Crippen LogP contribution in [0.4, 0.5) is 0 Å². The van der Waals surface area contributed by atoms with Gasteiger partial charge in [-0.05, 0) is 49.1 Å². The van der Waals surface area contributed by atoms with E-state index in [1.165, 1.54) is 4.70 Å². The summed E-state index contributed by atoms with van der Waals surface area (Å²) in [5.74, 6) is 1.64. The number of benzene rings is 2. The minimum Gasteiger partial charge on any atom is -0.486 e. The Hall–Kier alpha value is -2.60. The Morgan fingerprint density at radius 2 is 1.96 bits per heavy atom. The van der Waals surface area contributed by atoms with Gasteiger partial charge in [0.25, 0.3) is 0 Å². The molecule has 0 N–H and O–H groups in total. The van der Waals surface area contributed by atoms with E-state index >= 15 is 0 Å². The summed E-state index contributed by atoms with van der Waals surface area (Å²) >= 11 is 1.71. The van der Waals surface area contributed by atoms with Crippen LogP contribution >= 0.6 is 11.3 Å². The summed E-state index contributed by atoms with van der Waals surface area (Å²) in [6.07, 6.45) is 3.54. The number of aromatic nitrogens is 1. The molecule has 1 unspecified atom stereocenters. The van der Waals surface area contributed by atoms with Gasteiger partial charge in [0.15, 0.2) is 11.5 Å². The molecule has 144 valence electrons. The topological polar surface area (TPSA) is 51.7 Å². The van der Waals surface area contributed by atoms with Gasteiger partial charge in [0.05, 0.1) is 22.7 Å². The van der Waals surface area contributed by atoms with Crippen LogP contribution in [0.2, 0.25) is 0 Å². The number of amides is 1. The van der Waals surface area contributed by atoms with Gasteiger partial charge >= 0.3 is 0 Å². The standard InChI is InChI=1S/C22H22N2O3S/c25-21(14-15-8-9-18-19(13-15)27-12-11-26-18)24-10-4-3-6-17(24)22-23-16-5-1-2-7-20(16)28-22/h1-2,5,7-9,13,17H,3-4,6,10-12,14H2. The highest BCUT2D eigenvalue weighted by Gasteiger charge is 2.30. The van der Waals surface area contributed by atoms with Crippen molar-refractivity contribution < 1.29 is 14.3 Å². The van der Waals surface area contributed by atoms with E-state index < -0.39 is 0 Å². The molecule has 0 bridgehead atoms. The molecule has 1 saturated heterocycles. The second kappa shape index (κ2) is 7.43. The third-order valence-electron chi connectivity index (χ3n) is 5.38.